The van der Waals surface area contributed by atoms with Gasteiger partial charge in [0.05, 0.1) is 24.4 Å². The molecule has 5 nitrogen and oxygen atoms in total. The van der Waals surface area contributed by atoms with Crippen molar-refractivity contribution in [3.63, 3.8) is 0 Å². The molecule has 2 rings (SSSR count). The molecule has 1 heterocycles. The fraction of sp³-hybridized carbons (Fsp3) is 0.438. The lowest BCUT2D eigenvalue weighted by molar-refractivity contribution is 0.0691. The molecule has 0 fully saturated rings. The Balaban J connectivity index is 1.78. The van der Waals surface area contributed by atoms with Gasteiger partial charge in [-0.25, -0.2) is 0 Å². The number of nitrogens with zero attached hydrogens (tertiary/aromatic N) is 1. The number of hydrogen-bond donors (Lipinski definition) is 2. The highest BCUT2D eigenvalue weighted by molar-refractivity contribution is 5.97. The van der Waals surface area contributed by atoms with Crippen LogP contribution in [0.5, 0.6) is 0 Å². The van der Waals surface area contributed by atoms with Crippen molar-refractivity contribution in [1.82, 2.24) is 4.98 Å². The molecule has 0 saturated carbocycles. The minimum Gasteiger partial charge on any atom is -0.397 e. The molecule has 114 valence electrons. The van der Waals surface area contributed by atoms with E-state index in [0.29, 0.717) is 18.9 Å². The van der Waals surface area contributed by atoms with Crippen molar-refractivity contribution in [1.29, 1.82) is 0 Å². The Kier molecular flexibility index (Phi) is 6.24. The molecule has 0 bridgehead atoms. The summed E-state index contributed by atoms with van der Waals surface area (Å²) in [6, 6.07) is 7.84. The van der Waals surface area contributed by atoms with Crippen LogP contribution >= 0.6 is 0 Å². The highest BCUT2D eigenvalue weighted by Crippen LogP contribution is 2.25. The van der Waals surface area contributed by atoms with E-state index in [9.17, 15) is 0 Å². The Morgan fingerprint density at radius 3 is 2.90 bits per heavy atom. The van der Waals surface area contributed by atoms with Crippen molar-refractivity contribution >= 4 is 22.3 Å². The Morgan fingerprint density at radius 2 is 2.05 bits per heavy atom. The van der Waals surface area contributed by atoms with Crippen LogP contribution in [0, 0.1) is 0 Å². The number of nitrogens with two attached hydrogens (primary N) is 1. The minimum absolute atomic E-state index is 0.655. The molecule has 0 aliphatic heterocycles. The number of nitrogen functional groups attached to an aromatic ring is 1. The third kappa shape index (κ3) is 4.58. The molecular formula is C16H23N3O2. The monoisotopic (exact) mass is 289 g/mol. The number of anilines is 2. The average Bonchev–Trinajstić information content (AvgIpc) is 2.51. The summed E-state index contributed by atoms with van der Waals surface area (Å²) in [5, 5.41) is 4.50. The van der Waals surface area contributed by atoms with Crippen LogP contribution in [0.25, 0.3) is 10.9 Å². The molecule has 0 radical (unpaired) electrons. The Labute approximate surface area is 125 Å². The molecule has 0 saturated heterocycles. The van der Waals surface area contributed by atoms with Gasteiger partial charge in [-0.2, -0.15) is 0 Å². The molecule has 0 aliphatic carbocycles. The van der Waals surface area contributed by atoms with E-state index >= 15 is 0 Å². The second-order valence-electron chi connectivity index (χ2n) is 4.84. The molecule has 1 aromatic carbocycles. The third-order valence-corrected chi connectivity index (χ3v) is 3.26. The number of nitrogens with one attached hydrogen (secondary N) is 1. The summed E-state index contributed by atoms with van der Waals surface area (Å²) in [6.45, 7) is 3.00. The number of benzene rings is 1. The Morgan fingerprint density at radius 1 is 1.14 bits per heavy atom. The van der Waals surface area contributed by atoms with Crippen LogP contribution in [-0.2, 0) is 9.47 Å². The standard InChI is InChI=1S/C16H23N3O2/c1-20-11-12-21-10-3-2-8-18-15-7-9-19-16-13(15)5-4-6-14(16)17/h4-7,9H,2-3,8,10-12,17H2,1H3,(H,18,19). The second kappa shape index (κ2) is 8.44. The van der Waals surface area contributed by atoms with E-state index in [0.717, 1.165) is 42.6 Å². The number of pyridine rings is 1. The summed E-state index contributed by atoms with van der Waals surface area (Å²) < 4.78 is 10.4. The maximum Gasteiger partial charge on any atom is 0.0951 e. The first-order valence-electron chi connectivity index (χ1n) is 7.26. The molecule has 0 spiro atoms. The van der Waals surface area contributed by atoms with Crippen molar-refractivity contribution in [3.8, 4) is 0 Å². The molecule has 0 amide bonds. The Bertz CT molecular complexity index is 560. The zero-order chi connectivity index (χ0) is 14.9. The quantitative estimate of drug-likeness (QED) is 0.548. The molecule has 5 heteroatoms. The van der Waals surface area contributed by atoms with E-state index < -0.39 is 0 Å². The SMILES string of the molecule is COCCOCCCCNc1ccnc2c(N)cccc12. The summed E-state index contributed by atoms with van der Waals surface area (Å²) in [4.78, 5) is 4.33. The van der Waals surface area contributed by atoms with Gasteiger partial charge in [0, 0.05) is 37.5 Å². The molecule has 3 N–H and O–H groups in total. The summed E-state index contributed by atoms with van der Waals surface area (Å²) in [5.74, 6) is 0. The first-order chi connectivity index (χ1) is 10.3. The summed E-state index contributed by atoms with van der Waals surface area (Å²) in [7, 11) is 1.68. The van der Waals surface area contributed by atoms with Crippen LogP contribution < -0.4 is 11.1 Å². The van der Waals surface area contributed by atoms with E-state index in [4.69, 9.17) is 15.2 Å². The van der Waals surface area contributed by atoms with Gasteiger partial charge in [0.1, 0.15) is 0 Å². The summed E-state index contributed by atoms with van der Waals surface area (Å²) in [5.41, 5.74) is 8.58. The van der Waals surface area contributed by atoms with E-state index in [1.54, 1.807) is 13.3 Å². The maximum atomic E-state index is 5.94. The fourth-order valence-corrected chi connectivity index (χ4v) is 2.15. The van der Waals surface area contributed by atoms with E-state index in [1.807, 2.05) is 24.3 Å². The topological polar surface area (TPSA) is 69.4 Å². The molecule has 2 aromatic rings. The lowest BCUT2D eigenvalue weighted by Crippen LogP contribution is -2.06. The van der Waals surface area contributed by atoms with Crippen molar-refractivity contribution in [3.05, 3.63) is 30.5 Å². The van der Waals surface area contributed by atoms with Crippen LogP contribution in [0.1, 0.15) is 12.8 Å². The smallest absolute Gasteiger partial charge is 0.0951 e. The normalized spacial score (nSPS) is 10.9. The lowest BCUT2D eigenvalue weighted by Gasteiger charge is -2.10. The first kappa shape index (κ1) is 15.5. The number of ether oxygens (including phenoxy) is 2. The second-order valence-corrected chi connectivity index (χ2v) is 4.84. The van der Waals surface area contributed by atoms with Crippen LogP contribution in [-0.4, -0.2) is 38.5 Å². The molecule has 21 heavy (non-hydrogen) atoms. The number of hydrogen-bond acceptors (Lipinski definition) is 5. The molecule has 0 atom stereocenters. The van der Waals surface area contributed by atoms with Gasteiger partial charge >= 0.3 is 0 Å². The summed E-state index contributed by atoms with van der Waals surface area (Å²) in [6.07, 6.45) is 3.87. The number of rotatable bonds is 9. The fourth-order valence-electron chi connectivity index (χ4n) is 2.15. The highest BCUT2D eigenvalue weighted by atomic mass is 16.5. The molecule has 0 unspecified atom stereocenters. The largest absolute Gasteiger partial charge is 0.397 e. The van der Waals surface area contributed by atoms with Gasteiger partial charge in [-0.3, -0.25) is 4.98 Å². The molecular weight excluding hydrogens is 266 g/mol. The van der Waals surface area contributed by atoms with Gasteiger partial charge < -0.3 is 20.5 Å². The van der Waals surface area contributed by atoms with Gasteiger partial charge in [-0.05, 0) is 25.0 Å². The van der Waals surface area contributed by atoms with Crippen molar-refractivity contribution < 1.29 is 9.47 Å². The van der Waals surface area contributed by atoms with Gasteiger partial charge in [0.15, 0.2) is 0 Å². The van der Waals surface area contributed by atoms with Crippen molar-refractivity contribution in [2.45, 2.75) is 12.8 Å². The zero-order valence-electron chi connectivity index (χ0n) is 12.5. The number of para-hydroxylation sites is 1. The van der Waals surface area contributed by atoms with Gasteiger partial charge in [-0.15, -0.1) is 0 Å². The predicted molar refractivity (Wildman–Crippen MR) is 86.6 cm³/mol. The van der Waals surface area contributed by atoms with Crippen molar-refractivity contribution in [2.75, 3.05) is 44.5 Å². The third-order valence-electron chi connectivity index (χ3n) is 3.26. The first-order valence-corrected chi connectivity index (χ1v) is 7.26. The number of methoxy groups -OCH3 is 1. The van der Waals surface area contributed by atoms with Crippen LogP contribution in [0.2, 0.25) is 0 Å². The van der Waals surface area contributed by atoms with Crippen LogP contribution in [0.3, 0.4) is 0 Å². The van der Waals surface area contributed by atoms with Gasteiger partial charge in [0.2, 0.25) is 0 Å². The van der Waals surface area contributed by atoms with E-state index in [1.165, 1.54) is 0 Å². The maximum absolute atomic E-state index is 5.94. The Hall–Kier alpha value is -1.85. The predicted octanol–water partition coefficient (Wildman–Crippen LogP) is 2.67. The number of aromatic nitrogens is 1. The molecule has 1 aromatic heterocycles. The lowest BCUT2D eigenvalue weighted by atomic mass is 10.1. The number of unbranched alkanes of at least 4 members (excludes halogenated alkanes) is 1. The van der Waals surface area contributed by atoms with Crippen LogP contribution in [0.15, 0.2) is 30.5 Å². The minimum atomic E-state index is 0.655. The van der Waals surface area contributed by atoms with E-state index in [2.05, 4.69) is 10.3 Å². The summed E-state index contributed by atoms with van der Waals surface area (Å²) >= 11 is 0. The van der Waals surface area contributed by atoms with E-state index in [-0.39, 0.29) is 0 Å². The average molecular weight is 289 g/mol. The van der Waals surface area contributed by atoms with Gasteiger partial charge in [0.25, 0.3) is 0 Å². The van der Waals surface area contributed by atoms with Gasteiger partial charge in [-0.1, -0.05) is 12.1 Å². The molecule has 0 aliphatic rings. The van der Waals surface area contributed by atoms with Crippen molar-refractivity contribution in [2.24, 2.45) is 0 Å². The number of fused-ring (bicyclic) bond motifs is 1. The zero-order valence-corrected chi connectivity index (χ0v) is 12.5. The van der Waals surface area contributed by atoms with Crippen LogP contribution in [0.4, 0.5) is 11.4 Å². The highest BCUT2D eigenvalue weighted by Gasteiger charge is 2.03.